The molecule has 0 unspecified atom stereocenters. The normalized spacial score (nSPS) is 17.8. The quantitative estimate of drug-likeness (QED) is 0.276. The number of hydrogen-bond donors (Lipinski definition) is 2. The van der Waals surface area contributed by atoms with Gasteiger partial charge in [0.2, 0.25) is 5.95 Å². The molecule has 2 atom stereocenters. The smallest absolute Gasteiger partial charge is 0.328 e. The van der Waals surface area contributed by atoms with E-state index in [2.05, 4.69) is 46.0 Å². The Morgan fingerprint density at radius 2 is 1.79 bits per heavy atom. The number of fused-ring (bicyclic) bond motifs is 1. The maximum atomic E-state index is 11.7. The Labute approximate surface area is 241 Å². The van der Waals surface area contributed by atoms with E-state index in [0.29, 0.717) is 40.4 Å². The van der Waals surface area contributed by atoms with Crippen LogP contribution >= 0.6 is 0 Å². The molecule has 12 heteroatoms. The number of carboxylic acids is 1. The third-order valence-electron chi connectivity index (χ3n) is 8.22. The summed E-state index contributed by atoms with van der Waals surface area (Å²) in [4.78, 5) is 23.1. The number of rotatable bonds is 8. The van der Waals surface area contributed by atoms with E-state index in [0.717, 1.165) is 43.4 Å². The molecule has 1 saturated carbocycles. The maximum absolute atomic E-state index is 11.7. The monoisotopic (exact) mass is 565 g/mol. The number of aromatic hydroxyl groups is 1. The van der Waals surface area contributed by atoms with Gasteiger partial charge in [-0.2, -0.15) is 0 Å². The second-order valence-electron chi connectivity index (χ2n) is 11.5. The van der Waals surface area contributed by atoms with E-state index in [1.165, 1.54) is 10.4 Å². The first-order chi connectivity index (χ1) is 20.4. The maximum Gasteiger partial charge on any atom is 0.328 e. The first-order valence-corrected chi connectivity index (χ1v) is 14.3. The van der Waals surface area contributed by atoms with Gasteiger partial charge in [-0.25, -0.2) is 19.4 Å². The Kier molecular flexibility index (Phi) is 6.33. The lowest BCUT2D eigenvalue weighted by atomic mass is 10.1. The van der Waals surface area contributed by atoms with Gasteiger partial charge in [-0.3, -0.25) is 0 Å². The lowest BCUT2D eigenvalue weighted by Crippen LogP contribution is -2.24. The molecule has 1 aliphatic heterocycles. The molecule has 7 rings (SSSR count). The fraction of sp³-hybridized carbons (Fsp3) is 0.367. The van der Waals surface area contributed by atoms with Crippen molar-refractivity contribution in [1.29, 1.82) is 0 Å². The van der Waals surface area contributed by atoms with Crippen LogP contribution in [0.15, 0.2) is 55.0 Å². The number of carbonyl (C=O) groups is 1. The molecular formula is C30H31N9O3. The Balaban J connectivity index is 1.12. The van der Waals surface area contributed by atoms with Crippen molar-refractivity contribution >= 4 is 23.0 Å². The van der Waals surface area contributed by atoms with Crippen LogP contribution in [-0.2, 0) is 4.79 Å². The van der Waals surface area contributed by atoms with Crippen LogP contribution in [0.25, 0.3) is 33.5 Å². The molecule has 1 saturated heterocycles. The van der Waals surface area contributed by atoms with Gasteiger partial charge in [0.05, 0.1) is 17.4 Å². The fourth-order valence-corrected chi connectivity index (χ4v) is 5.96. The molecule has 0 bridgehead atoms. The average molecular weight is 566 g/mol. The molecule has 1 aliphatic carbocycles. The summed E-state index contributed by atoms with van der Waals surface area (Å²) in [5.41, 5.74) is 5.73. The van der Waals surface area contributed by atoms with Crippen molar-refractivity contribution in [1.82, 2.24) is 39.7 Å². The van der Waals surface area contributed by atoms with Crippen molar-refractivity contribution in [3.63, 3.8) is 0 Å². The van der Waals surface area contributed by atoms with E-state index >= 15 is 0 Å². The zero-order chi connectivity index (χ0) is 29.0. The largest absolute Gasteiger partial charge is 0.507 e. The van der Waals surface area contributed by atoms with E-state index in [9.17, 15) is 15.0 Å². The van der Waals surface area contributed by atoms with Crippen LogP contribution in [0.3, 0.4) is 0 Å². The van der Waals surface area contributed by atoms with Gasteiger partial charge in [-0.1, -0.05) is 31.2 Å². The molecule has 2 fully saturated rings. The van der Waals surface area contributed by atoms with Crippen molar-refractivity contribution in [2.24, 2.45) is 5.92 Å². The number of benzene rings is 1. The van der Waals surface area contributed by atoms with Crippen LogP contribution in [0.4, 0.5) is 5.95 Å². The van der Waals surface area contributed by atoms with Crippen molar-refractivity contribution in [2.75, 3.05) is 18.0 Å². The van der Waals surface area contributed by atoms with Crippen LogP contribution in [0.2, 0.25) is 0 Å². The minimum absolute atomic E-state index is 0.135. The molecule has 2 N–H and O–H groups in total. The number of anilines is 1. The molecule has 4 aromatic heterocycles. The molecule has 214 valence electrons. The van der Waals surface area contributed by atoms with Gasteiger partial charge in [0.15, 0.2) is 6.04 Å². The number of nitrogens with zero attached hydrogens (tertiary/aromatic N) is 9. The zero-order valence-corrected chi connectivity index (χ0v) is 23.4. The lowest BCUT2D eigenvalue weighted by Gasteiger charge is -2.18. The highest BCUT2D eigenvalue weighted by Crippen LogP contribution is 2.43. The average Bonchev–Trinajstić information content (AvgIpc) is 3.34. The van der Waals surface area contributed by atoms with Gasteiger partial charge < -0.3 is 19.7 Å². The predicted octanol–water partition coefficient (Wildman–Crippen LogP) is 4.46. The molecule has 5 aromatic rings. The number of aliphatic carboxylic acids is 1. The van der Waals surface area contributed by atoms with E-state index < -0.39 is 12.0 Å². The van der Waals surface area contributed by atoms with Gasteiger partial charge in [0.1, 0.15) is 17.0 Å². The Bertz CT molecular complexity index is 1770. The number of aromatic nitrogens is 8. The van der Waals surface area contributed by atoms with Gasteiger partial charge in [-0.15, -0.1) is 15.3 Å². The standard InChI is InChI=1S/C30H31N9O3/c1-17(2)28(29(41)42)38-16-24(35-36-38)19-13-31-30(32-14-19)37-10-9-18(15-37)25-12-23-26(39(25)20-7-8-20)11-22(33-34-23)21-5-3-4-6-27(21)40/h3-6,11-14,16-18,20,28,40H,7-10,15H2,1-2H3,(H,41,42)/t18-,28-/m0/s1. The lowest BCUT2D eigenvalue weighted by molar-refractivity contribution is -0.142. The number of hydrogen-bond acceptors (Lipinski definition) is 9. The Morgan fingerprint density at radius 1 is 1.00 bits per heavy atom. The van der Waals surface area contributed by atoms with E-state index in [4.69, 9.17) is 0 Å². The molecule has 0 amide bonds. The number of para-hydroxylation sites is 1. The topological polar surface area (TPSA) is 148 Å². The van der Waals surface area contributed by atoms with E-state index in [-0.39, 0.29) is 11.7 Å². The summed E-state index contributed by atoms with van der Waals surface area (Å²) in [6.07, 6.45) is 8.31. The van der Waals surface area contributed by atoms with Crippen molar-refractivity contribution < 1.29 is 15.0 Å². The Morgan fingerprint density at radius 3 is 2.50 bits per heavy atom. The molecule has 5 heterocycles. The molecule has 42 heavy (non-hydrogen) atoms. The Hall–Kier alpha value is -4.87. The molecule has 2 aliphatic rings. The van der Waals surface area contributed by atoms with Crippen LogP contribution in [0.1, 0.15) is 56.8 Å². The fourth-order valence-electron chi connectivity index (χ4n) is 5.96. The third-order valence-corrected chi connectivity index (χ3v) is 8.22. The summed E-state index contributed by atoms with van der Waals surface area (Å²) in [6.45, 7) is 5.29. The molecular weight excluding hydrogens is 534 g/mol. The number of phenols is 1. The summed E-state index contributed by atoms with van der Waals surface area (Å²) in [5, 5.41) is 37.1. The molecule has 0 radical (unpaired) electrons. The second kappa shape index (κ2) is 10.2. The van der Waals surface area contributed by atoms with Crippen molar-refractivity contribution in [3.05, 3.63) is 60.7 Å². The number of phenolic OH excluding ortho intramolecular Hbond substituents is 1. The van der Waals surface area contributed by atoms with Gasteiger partial charge in [0, 0.05) is 54.3 Å². The first-order valence-electron chi connectivity index (χ1n) is 14.3. The SMILES string of the molecule is CC(C)[C@@H](C(=O)O)n1cc(-c2cnc(N3CC[C@H](c4cc5nnc(-c6ccccc6O)cc5n4C4CC4)C3)nc2)nn1. The second-order valence-corrected chi connectivity index (χ2v) is 11.5. The third kappa shape index (κ3) is 4.62. The summed E-state index contributed by atoms with van der Waals surface area (Å²) in [5.74, 6) is 0.0533. The number of carboxylic acid groups (broad SMARTS) is 1. The minimum Gasteiger partial charge on any atom is -0.507 e. The highest BCUT2D eigenvalue weighted by molar-refractivity contribution is 5.82. The summed E-state index contributed by atoms with van der Waals surface area (Å²) in [7, 11) is 0. The van der Waals surface area contributed by atoms with Crippen LogP contribution < -0.4 is 4.90 Å². The van der Waals surface area contributed by atoms with Crippen molar-refractivity contribution in [2.45, 2.75) is 51.1 Å². The van der Waals surface area contributed by atoms with Crippen LogP contribution in [0, 0.1) is 5.92 Å². The highest BCUT2D eigenvalue weighted by atomic mass is 16.4. The van der Waals surface area contributed by atoms with Crippen LogP contribution in [0.5, 0.6) is 5.75 Å². The molecule has 1 aromatic carbocycles. The molecule has 12 nitrogen and oxygen atoms in total. The van der Waals surface area contributed by atoms with Gasteiger partial charge in [0.25, 0.3) is 0 Å². The highest BCUT2D eigenvalue weighted by Gasteiger charge is 2.34. The minimum atomic E-state index is -0.944. The molecule has 0 spiro atoms. The summed E-state index contributed by atoms with van der Waals surface area (Å²) >= 11 is 0. The van der Waals surface area contributed by atoms with E-state index in [1.807, 2.05) is 32.0 Å². The predicted molar refractivity (Wildman–Crippen MR) is 155 cm³/mol. The van der Waals surface area contributed by atoms with Gasteiger partial charge in [-0.05, 0) is 49.4 Å². The van der Waals surface area contributed by atoms with Crippen LogP contribution in [-0.4, -0.2) is 69.0 Å². The summed E-state index contributed by atoms with van der Waals surface area (Å²) < 4.78 is 3.81. The zero-order valence-electron chi connectivity index (χ0n) is 23.4. The summed E-state index contributed by atoms with van der Waals surface area (Å²) in [6, 6.07) is 11.1. The van der Waals surface area contributed by atoms with E-state index in [1.54, 1.807) is 30.7 Å². The van der Waals surface area contributed by atoms with Gasteiger partial charge >= 0.3 is 5.97 Å². The first kappa shape index (κ1) is 26.1. The van der Waals surface area contributed by atoms with Crippen molar-refractivity contribution in [3.8, 4) is 28.3 Å².